The minimum Gasteiger partial charge on any atom is -0.337 e. The smallest absolute Gasteiger partial charge is 0.274 e. The molecule has 1 fully saturated rings. The molecular formula is C16H28FN3O. The fourth-order valence-corrected chi connectivity index (χ4v) is 2.04. The largest absolute Gasteiger partial charge is 0.337 e. The van der Waals surface area contributed by atoms with Gasteiger partial charge in [-0.15, -0.1) is 0 Å². The van der Waals surface area contributed by atoms with Gasteiger partial charge in [0, 0.05) is 25.5 Å². The molecule has 4 nitrogen and oxygen atoms in total. The second-order valence-corrected chi connectivity index (χ2v) is 4.39. The first-order valence-corrected chi connectivity index (χ1v) is 7.89. The summed E-state index contributed by atoms with van der Waals surface area (Å²) in [6, 6.07) is 0. The van der Waals surface area contributed by atoms with E-state index >= 15 is 0 Å². The SMILES string of the molecule is CC.CC.CCC1(F)CCN(C(=O)c2cnccn2)CC1. The minimum atomic E-state index is -1.10. The maximum absolute atomic E-state index is 14.0. The number of nitrogens with zero attached hydrogens (tertiary/aromatic N) is 3. The highest BCUT2D eigenvalue weighted by Gasteiger charge is 2.34. The quantitative estimate of drug-likeness (QED) is 0.832. The highest BCUT2D eigenvalue weighted by molar-refractivity contribution is 5.92. The van der Waals surface area contributed by atoms with E-state index in [9.17, 15) is 9.18 Å². The normalized spacial score (nSPS) is 16.0. The monoisotopic (exact) mass is 297 g/mol. The fourth-order valence-electron chi connectivity index (χ4n) is 2.04. The number of hydrogen-bond acceptors (Lipinski definition) is 3. The Morgan fingerprint density at radius 2 is 1.81 bits per heavy atom. The highest BCUT2D eigenvalue weighted by atomic mass is 19.1. The van der Waals surface area contributed by atoms with Crippen LogP contribution >= 0.6 is 0 Å². The van der Waals surface area contributed by atoms with E-state index in [1.165, 1.54) is 18.6 Å². The lowest BCUT2D eigenvalue weighted by Crippen LogP contribution is -2.44. The molecule has 0 atom stereocenters. The Kier molecular flexibility index (Phi) is 9.50. The Hall–Kier alpha value is -1.52. The van der Waals surface area contributed by atoms with Gasteiger partial charge in [0.25, 0.3) is 5.91 Å². The molecule has 0 spiro atoms. The van der Waals surface area contributed by atoms with Crippen LogP contribution in [0.1, 0.15) is 64.4 Å². The topological polar surface area (TPSA) is 46.1 Å². The number of rotatable bonds is 2. The number of likely N-dealkylation sites (tertiary alicyclic amines) is 1. The van der Waals surface area contributed by atoms with Crippen LogP contribution in [0.5, 0.6) is 0 Å². The van der Waals surface area contributed by atoms with Gasteiger partial charge in [0.2, 0.25) is 0 Å². The Labute approximate surface area is 127 Å². The van der Waals surface area contributed by atoms with Gasteiger partial charge < -0.3 is 4.90 Å². The molecule has 1 aromatic heterocycles. The Morgan fingerprint density at radius 3 is 2.24 bits per heavy atom. The van der Waals surface area contributed by atoms with Gasteiger partial charge in [0.05, 0.1) is 6.20 Å². The van der Waals surface area contributed by atoms with E-state index in [4.69, 9.17) is 0 Å². The molecule has 0 aliphatic carbocycles. The van der Waals surface area contributed by atoms with E-state index < -0.39 is 5.67 Å². The van der Waals surface area contributed by atoms with Crippen molar-refractivity contribution in [1.82, 2.24) is 14.9 Å². The Bertz CT molecular complexity index is 390. The van der Waals surface area contributed by atoms with Crippen LogP contribution in [0.4, 0.5) is 4.39 Å². The van der Waals surface area contributed by atoms with Crippen LogP contribution in [0, 0.1) is 0 Å². The first-order valence-electron chi connectivity index (χ1n) is 7.89. The average molecular weight is 297 g/mol. The summed E-state index contributed by atoms with van der Waals surface area (Å²) in [7, 11) is 0. The third-order valence-corrected chi connectivity index (χ3v) is 3.36. The number of hydrogen-bond donors (Lipinski definition) is 0. The second-order valence-electron chi connectivity index (χ2n) is 4.39. The summed E-state index contributed by atoms with van der Waals surface area (Å²) in [5.41, 5.74) is -0.769. The summed E-state index contributed by atoms with van der Waals surface area (Å²) in [4.78, 5) is 21.5. The number of alkyl halides is 1. The van der Waals surface area contributed by atoms with Crippen LogP contribution in [-0.4, -0.2) is 39.5 Å². The first-order chi connectivity index (χ1) is 10.1. The molecule has 2 heterocycles. The number of piperidine rings is 1. The number of amides is 1. The molecule has 1 aromatic rings. The first kappa shape index (κ1) is 19.5. The lowest BCUT2D eigenvalue weighted by Gasteiger charge is -2.35. The predicted octanol–water partition coefficient (Wildman–Crippen LogP) is 3.88. The molecule has 5 heteroatoms. The lowest BCUT2D eigenvalue weighted by atomic mass is 9.91. The number of halogens is 1. The van der Waals surface area contributed by atoms with Crippen LogP contribution in [-0.2, 0) is 0 Å². The van der Waals surface area contributed by atoms with Crippen molar-refractivity contribution in [3.8, 4) is 0 Å². The van der Waals surface area contributed by atoms with Crippen LogP contribution in [0.2, 0.25) is 0 Å². The lowest BCUT2D eigenvalue weighted by molar-refractivity contribution is 0.0415. The van der Waals surface area contributed by atoms with E-state index in [1.807, 2.05) is 34.6 Å². The molecule has 0 aromatic carbocycles. The van der Waals surface area contributed by atoms with E-state index in [2.05, 4.69) is 9.97 Å². The standard InChI is InChI=1S/C12H16FN3O.2C2H6/c1-2-12(13)3-7-16(8-4-12)11(17)10-9-14-5-6-15-10;2*1-2/h5-6,9H,2-4,7-8H2,1H3;2*1-2H3. The maximum Gasteiger partial charge on any atom is 0.274 e. The fraction of sp³-hybridized carbons (Fsp3) is 0.688. The van der Waals surface area contributed by atoms with Crippen molar-refractivity contribution in [1.29, 1.82) is 0 Å². The summed E-state index contributed by atoms with van der Waals surface area (Å²) in [6.07, 6.45) is 5.80. The van der Waals surface area contributed by atoms with Gasteiger partial charge in [-0.05, 0) is 19.3 Å². The van der Waals surface area contributed by atoms with E-state index in [0.29, 0.717) is 38.0 Å². The van der Waals surface area contributed by atoms with E-state index in [1.54, 1.807) is 4.90 Å². The molecule has 0 N–H and O–H groups in total. The number of aromatic nitrogens is 2. The summed E-state index contributed by atoms with van der Waals surface area (Å²) >= 11 is 0. The molecule has 1 aliphatic heterocycles. The molecule has 0 radical (unpaired) electrons. The van der Waals surface area contributed by atoms with Crippen LogP contribution < -0.4 is 0 Å². The van der Waals surface area contributed by atoms with Crippen molar-refractivity contribution in [3.63, 3.8) is 0 Å². The van der Waals surface area contributed by atoms with Gasteiger partial charge in [-0.3, -0.25) is 9.78 Å². The Morgan fingerprint density at radius 1 is 1.24 bits per heavy atom. The van der Waals surface area contributed by atoms with Gasteiger partial charge in [-0.25, -0.2) is 9.37 Å². The molecule has 0 saturated carbocycles. The van der Waals surface area contributed by atoms with E-state index in [-0.39, 0.29) is 5.91 Å². The number of carbonyl (C=O) groups excluding carboxylic acids is 1. The maximum atomic E-state index is 14.0. The third kappa shape index (κ3) is 5.78. The molecule has 21 heavy (non-hydrogen) atoms. The molecule has 0 unspecified atom stereocenters. The second kappa shape index (κ2) is 10.2. The van der Waals surface area contributed by atoms with Gasteiger partial charge >= 0.3 is 0 Å². The van der Waals surface area contributed by atoms with Crippen molar-refractivity contribution in [3.05, 3.63) is 24.3 Å². The minimum absolute atomic E-state index is 0.156. The molecule has 2 rings (SSSR count). The molecule has 1 saturated heterocycles. The summed E-state index contributed by atoms with van der Waals surface area (Å²) in [6.45, 7) is 10.8. The van der Waals surface area contributed by atoms with Gasteiger partial charge in [0.15, 0.2) is 0 Å². The third-order valence-electron chi connectivity index (χ3n) is 3.36. The van der Waals surface area contributed by atoms with Crippen molar-refractivity contribution in [2.75, 3.05) is 13.1 Å². The summed E-state index contributed by atoms with van der Waals surface area (Å²) < 4.78 is 14.0. The molecule has 0 bridgehead atoms. The van der Waals surface area contributed by atoms with E-state index in [0.717, 1.165) is 0 Å². The predicted molar refractivity (Wildman–Crippen MR) is 84.0 cm³/mol. The van der Waals surface area contributed by atoms with Crippen LogP contribution in [0.15, 0.2) is 18.6 Å². The zero-order valence-corrected chi connectivity index (χ0v) is 13.9. The molecule has 1 amide bonds. The summed E-state index contributed by atoms with van der Waals surface area (Å²) in [5, 5.41) is 0. The molecule has 1 aliphatic rings. The van der Waals surface area contributed by atoms with Gasteiger partial charge in [-0.2, -0.15) is 0 Å². The van der Waals surface area contributed by atoms with Crippen molar-refractivity contribution in [2.24, 2.45) is 0 Å². The van der Waals surface area contributed by atoms with Gasteiger partial charge in [-0.1, -0.05) is 34.6 Å². The molecular weight excluding hydrogens is 269 g/mol. The van der Waals surface area contributed by atoms with Crippen LogP contribution in [0.3, 0.4) is 0 Å². The van der Waals surface area contributed by atoms with Crippen molar-refractivity contribution < 1.29 is 9.18 Å². The van der Waals surface area contributed by atoms with Crippen molar-refractivity contribution in [2.45, 2.75) is 59.5 Å². The Balaban J connectivity index is 0.000000921. The average Bonchev–Trinajstić information content (AvgIpc) is 2.59. The van der Waals surface area contributed by atoms with Gasteiger partial charge in [0.1, 0.15) is 11.4 Å². The zero-order chi connectivity index (χ0) is 16.3. The zero-order valence-electron chi connectivity index (χ0n) is 13.9. The summed E-state index contributed by atoms with van der Waals surface area (Å²) in [5.74, 6) is -0.156. The van der Waals surface area contributed by atoms with Crippen molar-refractivity contribution >= 4 is 5.91 Å². The highest BCUT2D eigenvalue weighted by Crippen LogP contribution is 2.29. The number of carbonyl (C=O) groups is 1. The molecule has 120 valence electrons. The van der Waals surface area contributed by atoms with Crippen LogP contribution in [0.25, 0.3) is 0 Å².